The molecule has 0 bridgehead atoms. The monoisotopic (exact) mass is 550 g/mol. The summed E-state index contributed by atoms with van der Waals surface area (Å²) in [5.74, 6) is 0.220. The Bertz CT molecular complexity index is 1290. The van der Waals surface area contributed by atoms with Crippen LogP contribution in [0.3, 0.4) is 0 Å². The van der Waals surface area contributed by atoms with Gasteiger partial charge in [0.25, 0.3) is 5.91 Å². The van der Waals surface area contributed by atoms with Gasteiger partial charge in [-0.2, -0.15) is 0 Å². The Kier molecular flexibility index (Phi) is 6.49. The lowest BCUT2D eigenvalue weighted by Crippen LogP contribution is -2.32. The van der Waals surface area contributed by atoms with E-state index in [1.54, 1.807) is 18.2 Å². The summed E-state index contributed by atoms with van der Waals surface area (Å²) in [5, 5.41) is 10.9. The van der Waals surface area contributed by atoms with Crippen molar-refractivity contribution in [3.63, 3.8) is 0 Å². The number of amidine groups is 1. The lowest BCUT2D eigenvalue weighted by atomic mass is 10.1. The Hall–Kier alpha value is -2.51. The van der Waals surface area contributed by atoms with Crippen molar-refractivity contribution in [2.45, 2.75) is 0 Å². The molecule has 1 amide bonds. The van der Waals surface area contributed by atoms with Crippen LogP contribution >= 0.6 is 50.7 Å². The molecule has 0 fully saturated rings. The molecule has 1 aliphatic rings. The molecule has 1 aliphatic heterocycles. The molecule has 0 saturated heterocycles. The second kappa shape index (κ2) is 9.16. The lowest BCUT2D eigenvalue weighted by Gasteiger charge is -2.20. The number of hydrogen-bond acceptors (Lipinski definition) is 4. The van der Waals surface area contributed by atoms with E-state index in [0.29, 0.717) is 21.6 Å². The molecule has 5 nitrogen and oxygen atoms in total. The minimum atomic E-state index is -0.396. The average Bonchev–Trinajstić information content (AvgIpc) is 3.09. The number of rotatable bonds is 4. The van der Waals surface area contributed by atoms with Crippen molar-refractivity contribution in [1.29, 1.82) is 0 Å². The highest BCUT2D eigenvalue weighted by Crippen LogP contribution is 2.39. The van der Waals surface area contributed by atoms with Crippen molar-refractivity contribution >= 4 is 74.2 Å². The molecule has 0 unspecified atom stereocenters. The van der Waals surface area contributed by atoms with Gasteiger partial charge in [-0.25, -0.2) is 4.99 Å². The highest BCUT2D eigenvalue weighted by molar-refractivity contribution is 9.10. The number of halogens is 4. The third-order valence-corrected chi connectivity index (χ3v) is 6.33. The number of benzene rings is 3. The maximum atomic E-state index is 13.5. The van der Waals surface area contributed by atoms with Gasteiger partial charge in [-0.3, -0.25) is 9.69 Å². The van der Waals surface area contributed by atoms with Crippen molar-refractivity contribution in [3.8, 4) is 11.5 Å². The predicted octanol–water partition coefficient (Wildman–Crippen LogP) is 6.96. The largest absolute Gasteiger partial charge is 0.503 e. The predicted molar refractivity (Wildman–Crippen MR) is 132 cm³/mol. The molecule has 0 saturated carbocycles. The number of aromatic hydroxyl groups is 1. The van der Waals surface area contributed by atoms with Gasteiger partial charge in [0, 0.05) is 5.56 Å². The third-order valence-electron chi connectivity index (χ3n) is 4.70. The molecule has 0 spiro atoms. The van der Waals surface area contributed by atoms with Crippen LogP contribution in [0.1, 0.15) is 11.1 Å². The quantitative estimate of drug-likeness (QED) is 0.281. The average molecular weight is 553 g/mol. The molecule has 1 heterocycles. The van der Waals surface area contributed by atoms with Crippen LogP contribution in [-0.2, 0) is 4.79 Å². The van der Waals surface area contributed by atoms with Crippen LogP contribution in [0.25, 0.3) is 6.08 Å². The Morgan fingerprint density at radius 2 is 1.72 bits per heavy atom. The van der Waals surface area contributed by atoms with Crippen molar-refractivity contribution in [3.05, 3.63) is 91.0 Å². The van der Waals surface area contributed by atoms with E-state index in [1.807, 2.05) is 30.3 Å². The molecule has 1 N–H and O–H groups in total. The van der Waals surface area contributed by atoms with E-state index in [1.165, 1.54) is 24.1 Å². The second-order valence-corrected chi connectivity index (χ2v) is 8.82. The Morgan fingerprint density at radius 3 is 2.41 bits per heavy atom. The van der Waals surface area contributed by atoms with Gasteiger partial charge in [0.2, 0.25) is 0 Å². The van der Waals surface area contributed by atoms with Crippen LogP contribution in [-0.4, -0.2) is 24.0 Å². The van der Waals surface area contributed by atoms with Crippen LogP contribution < -0.4 is 9.64 Å². The molecule has 0 aromatic heterocycles. The third kappa shape index (κ3) is 4.24. The number of carbonyl (C=O) groups is 1. The first-order valence-corrected chi connectivity index (χ1v) is 11.1. The number of methoxy groups -OCH3 is 1. The molecule has 4 rings (SSSR count). The van der Waals surface area contributed by atoms with E-state index in [0.717, 1.165) is 5.56 Å². The van der Waals surface area contributed by atoms with E-state index in [2.05, 4.69) is 20.9 Å². The van der Waals surface area contributed by atoms with Gasteiger partial charge in [-0.15, -0.1) is 0 Å². The number of nitrogens with zero attached hydrogens (tertiary/aromatic N) is 2. The van der Waals surface area contributed by atoms with Crippen LogP contribution in [0, 0.1) is 0 Å². The smallest absolute Gasteiger partial charge is 0.282 e. The van der Waals surface area contributed by atoms with Gasteiger partial charge in [0.05, 0.1) is 32.3 Å². The van der Waals surface area contributed by atoms with E-state index in [9.17, 15) is 9.90 Å². The van der Waals surface area contributed by atoms with Crippen LogP contribution in [0.15, 0.2) is 69.8 Å². The van der Waals surface area contributed by atoms with E-state index in [4.69, 9.17) is 39.5 Å². The molecule has 3 aromatic carbocycles. The van der Waals surface area contributed by atoms with Crippen molar-refractivity contribution in [1.82, 2.24) is 0 Å². The first kappa shape index (κ1) is 22.7. The number of phenols is 1. The highest BCUT2D eigenvalue weighted by atomic mass is 79.9. The Morgan fingerprint density at radius 1 is 1.03 bits per heavy atom. The summed E-state index contributed by atoms with van der Waals surface area (Å²) >= 11 is 22.0. The van der Waals surface area contributed by atoms with Gasteiger partial charge >= 0.3 is 0 Å². The summed E-state index contributed by atoms with van der Waals surface area (Å²) in [6.45, 7) is 0. The lowest BCUT2D eigenvalue weighted by molar-refractivity contribution is -0.113. The summed E-state index contributed by atoms with van der Waals surface area (Å²) < 4.78 is 5.62. The SMILES string of the molecule is COc1cc(/C=C2/N=C(c3ccccc3)N(c3cc(Cl)c(Cl)cc3Cl)C2=O)cc(Br)c1O. The van der Waals surface area contributed by atoms with Gasteiger partial charge in [0.15, 0.2) is 11.5 Å². The summed E-state index contributed by atoms with van der Waals surface area (Å²) in [5.41, 5.74) is 1.86. The summed E-state index contributed by atoms with van der Waals surface area (Å²) in [4.78, 5) is 19.5. The van der Waals surface area contributed by atoms with Crippen LogP contribution in [0.5, 0.6) is 11.5 Å². The zero-order valence-corrected chi connectivity index (χ0v) is 20.3. The number of anilines is 1. The van der Waals surface area contributed by atoms with Gasteiger partial charge in [-0.1, -0.05) is 65.1 Å². The number of carbonyl (C=O) groups excluding carboxylic acids is 1. The number of phenolic OH excluding ortho intramolecular Hbond substituents is 1. The van der Waals surface area contributed by atoms with Gasteiger partial charge < -0.3 is 9.84 Å². The number of ether oxygens (including phenoxy) is 1. The Labute approximate surface area is 207 Å². The van der Waals surface area contributed by atoms with Crippen molar-refractivity contribution in [2.24, 2.45) is 4.99 Å². The van der Waals surface area contributed by atoms with E-state index < -0.39 is 5.91 Å². The van der Waals surface area contributed by atoms with Gasteiger partial charge in [0.1, 0.15) is 11.5 Å². The maximum Gasteiger partial charge on any atom is 0.282 e. The fraction of sp³-hybridized carbons (Fsp3) is 0.0435. The molecule has 9 heteroatoms. The first-order chi connectivity index (χ1) is 15.3. The van der Waals surface area contributed by atoms with Crippen LogP contribution in [0.4, 0.5) is 5.69 Å². The minimum absolute atomic E-state index is 0.0370. The summed E-state index contributed by atoms with van der Waals surface area (Å²) in [6.07, 6.45) is 1.60. The summed E-state index contributed by atoms with van der Waals surface area (Å²) in [6, 6.07) is 15.5. The molecular formula is C23H14BrCl3N2O3. The minimum Gasteiger partial charge on any atom is -0.503 e. The topological polar surface area (TPSA) is 62.1 Å². The van der Waals surface area contributed by atoms with Crippen molar-refractivity contribution in [2.75, 3.05) is 12.0 Å². The fourth-order valence-corrected chi connectivity index (χ4v) is 4.28. The number of hydrogen-bond donors (Lipinski definition) is 1. The maximum absolute atomic E-state index is 13.5. The van der Waals surface area contributed by atoms with E-state index in [-0.39, 0.29) is 32.3 Å². The zero-order valence-electron chi connectivity index (χ0n) is 16.4. The number of amides is 1. The highest BCUT2D eigenvalue weighted by Gasteiger charge is 2.34. The standard InChI is InChI=1S/C23H14BrCl3N2O3/c1-32-20-9-12(7-14(24)21(20)30)8-18-23(31)29(19-11-16(26)15(25)10-17(19)27)22(28-18)13-5-3-2-4-6-13/h2-11,30H,1H3/b18-8+. The molecule has 162 valence electrons. The molecule has 3 aromatic rings. The summed E-state index contributed by atoms with van der Waals surface area (Å²) in [7, 11) is 1.44. The Balaban J connectivity index is 1.87. The zero-order chi connectivity index (χ0) is 23.0. The molecule has 0 radical (unpaired) electrons. The van der Waals surface area contributed by atoms with Gasteiger partial charge in [-0.05, 0) is 51.8 Å². The molecule has 32 heavy (non-hydrogen) atoms. The fourth-order valence-electron chi connectivity index (χ4n) is 3.20. The normalized spacial score (nSPS) is 14.8. The second-order valence-electron chi connectivity index (χ2n) is 6.74. The molecule has 0 atom stereocenters. The molecular weight excluding hydrogens is 539 g/mol. The molecule has 0 aliphatic carbocycles. The van der Waals surface area contributed by atoms with Crippen molar-refractivity contribution < 1.29 is 14.6 Å². The van der Waals surface area contributed by atoms with E-state index >= 15 is 0 Å². The first-order valence-electron chi connectivity index (χ1n) is 9.21. The van der Waals surface area contributed by atoms with Crippen LogP contribution in [0.2, 0.25) is 15.1 Å². The number of aliphatic imine (C=N–C) groups is 1.